The topological polar surface area (TPSA) is 122 Å². The molecule has 0 saturated carbocycles. The van der Waals surface area contributed by atoms with E-state index in [2.05, 4.69) is 0 Å². The largest absolute Gasteiger partial charge is 0.491 e. The molecule has 1 aromatic rings. The number of carboxylic acids is 1. The lowest BCUT2D eigenvalue weighted by Gasteiger charge is -2.17. The number of hydrogen-bond acceptors (Lipinski definition) is 6. The van der Waals surface area contributed by atoms with E-state index < -0.39 is 24.2 Å². The summed E-state index contributed by atoms with van der Waals surface area (Å²) in [6.45, 7) is 1.41. The van der Waals surface area contributed by atoms with Crippen LogP contribution in [0.4, 0.5) is 0 Å². The van der Waals surface area contributed by atoms with Crippen LogP contribution in [0.5, 0.6) is 5.75 Å². The van der Waals surface area contributed by atoms with Crippen LogP contribution < -0.4 is 10.5 Å². The van der Waals surface area contributed by atoms with Gasteiger partial charge in [-0.3, -0.25) is 4.79 Å². The third-order valence-electron chi connectivity index (χ3n) is 2.86. The second-order valence-electron chi connectivity index (χ2n) is 4.67. The Bertz CT molecular complexity index is 453. The minimum atomic E-state index is -1.11. The fraction of sp³-hybridized carbons (Fsp3) is 0.500. The summed E-state index contributed by atoms with van der Waals surface area (Å²) in [6.07, 6.45) is -1.55. The molecule has 0 aliphatic rings. The fourth-order valence-corrected chi connectivity index (χ4v) is 1.50. The van der Waals surface area contributed by atoms with Gasteiger partial charge in [0.25, 0.3) is 0 Å². The molecule has 3 atom stereocenters. The Labute approximate surface area is 122 Å². The lowest BCUT2D eigenvalue weighted by Crippen LogP contribution is -2.41. The van der Waals surface area contributed by atoms with Gasteiger partial charge in [-0.25, -0.2) is 0 Å². The third kappa shape index (κ3) is 6.09. The first kappa shape index (κ1) is 17.4. The minimum absolute atomic E-state index is 0.0128. The molecule has 1 rings (SSSR count). The van der Waals surface area contributed by atoms with Gasteiger partial charge in [-0.05, 0) is 24.6 Å². The number of nitrogens with two attached hydrogens (primary N) is 1. The average molecular weight is 299 g/mol. The highest BCUT2D eigenvalue weighted by Crippen LogP contribution is 2.15. The van der Waals surface area contributed by atoms with E-state index in [-0.39, 0.29) is 19.8 Å². The first-order valence-electron chi connectivity index (χ1n) is 6.54. The van der Waals surface area contributed by atoms with Crippen molar-refractivity contribution in [2.75, 3.05) is 13.2 Å². The maximum absolute atomic E-state index is 10.7. The molecule has 5 N–H and O–H groups in total. The number of aliphatic hydroxyl groups excluding tert-OH is 2. The molecule has 1 aromatic carbocycles. The fourth-order valence-electron chi connectivity index (χ4n) is 1.50. The van der Waals surface area contributed by atoms with Crippen molar-refractivity contribution in [2.45, 2.75) is 31.8 Å². The second kappa shape index (κ2) is 8.58. The molecule has 0 aliphatic heterocycles. The molecule has 0 bridgehead atoms. The highest BCUT2D eigenvalue weighted by molar-refractivity contribution is 5.73. The zero-order valence-electron chi connectivity index (χ0n) is 11.8. The molecule has 0 fully saturated rings. The van der Waals surface area contributed by atoms with Gasteiger partial charge in [-0.15, -0.1) is 0 Å². The predicted octanol–water partition coefficient (Wildman–Crippen LogP) is -0.264. The molecular weight excluding hydrogens is 278 g/mol. The summed E-state index contributed by atoms with van der Waals surface area (Å²) in [5, 5.41) is 26.7. The molecule has 21 heavy (non-hydrogen) atoms. The smallest absolute Gasteiger partial charge is 0.323 e. The number of hydrogen-bond donors (Lipinski definition) is 4. The van der Waals surface area contributed by atoms with Gasteiger partial charge < -0.3 is 30.5 Å². The number of ether oxygens (including phenoxy) is 2. The van der Waals surface area contributed by atoms with E-state index in [4.69, 9.17) is 25.4 Å². The van der Waals surface area contributed by atoms with Crippen molar-refractivity contribution in [3.05, 3.63) is 29.8 Å². The Balaban J connectivity index is 2.51. The van der Waals surface area contributed by atoms with Gasteiger partial charge in [0.15, 0.2) is 0 Å². The highest BCUT2D eigenvalue weighted by Gasteiger charge is 2.20. The van der Waals surface area contributed by atoms with Crippen LogP contribution in [0.1, 0.15) is 12.5 Å². The lowest BCUT2D eigenvalue weighted by molar-refractivity contribution is -0.142. The zero-order valence-corrected chi connectivity index (χ0v) is 11.8. The van der Waals surface area contributed by atoms with E-state index in [0.29, 0.717) is 5.75 Å². The predicted molar refractivity (Wildman–Crippen MR) is 74.9 cm³/mol. The molecule has 0 saturated heterocycles. The van der Waals surface area contributed by atoms with Gasteiger partial charge >= 0.3 is 5.97 Å². The first-order valence-corrected chi connectivity index (χ1v) is 6.54. The molecule has 0 aromatic heterocycles. The van der Waals surface area contributed by atoms with Crippen LogP contribution in [0.2, 0.25) is 0 Å². The van der Waals surface area contributed by atoms with Gasteiger partial charge in [0.05, 0.1) is 19.3 Å². The average Bonchev–Trinajstić information content (AvgIpc) is 2.49. The minimum Gasteiger partial charge on any atom is -0.491 e. The normalized spacial score (nSPS) is 15.2. The van der Waals surface area contributed by atoms with E-state index in [1.54, 1.807) is 31.2 Å². The highest BCUT2D eigenvalue weighted by atomic mass is 16.5. The van der Waals surface area contributed by atoms with Gasteiger partial charge in [-0.1, -0.05) is 12.1 Å². The van der Waals surface area contributed by atoms with Crippen LogP contribution in [-0.2, 0) is 16.1 Å². The second-order valence-corrected chi connectivity index (χ2v) is 4.67. The van der Waals surface area contributed by atoms with E-state index in [9.17, 15) is 9.90 Å². The Morgan fingerprint density at radius 3 is 2.76 bits per heavy atom. The number of aliphatic hydroxyl groups is 2. The Morgan fingerprint density at radius 2 is 2.14 bits per heavy atom. The molecule has 3 unspecified atom stereocenters. The van der Waals surface area contributed by atoms with E-state index in [0.717, 1.165) is 5.56 Å². The van der Waals surface area contributed by atoms with Gasteiger partial charge in [0.2, 0.25) is 0 Å². The van der Waals surface area contributed by atoms with Crippen LogP contribution in [0.25, 0.3) is 0 Å². The van der Waals surface area contributed by atoms with Crippen LogP contribution >= 0.6 is 0 Å². The van der Waals surface area contributed by atoms with Gasteiger partial charge in [0.1, 0.15) is 24.5 Å². The molecule has 7 heteroatoms. The molecule has 0 aliphatic carbocycles. The van der Waals surface area contributed by atoms with Gasteiger partial charge in [0, 0.05) is 0 Å². The third-order valence-corrected chi connectivity index (χ3v) is 2.86. The lowest BCUT2D eigenvalue weighted by atomic mass is 10.2. The molecular formula is C14H21NO6. The number of carboxylic acid groups (broad SMARTS) is 1. The Kier molecular flexibility index (Phi) is 7.10. The maximum atomic E-state index is 10.7. The van der Waals surface area contributed by atoms with Crippen molar-refractivity contribution in [1.29, 1.82) is 0 Å². The molecule has 0 heterocycles. The molecule has 118 valence electrons. The van der Waals surface area contributed by atoms with Crippen LogP contribution in [0.3, 0.4) is 0 Å². The summed E-state index contributed by atoms with van der Waals surface area (Å²) < 4.78 is 10.7. The zero-order chi connectivity index (χ0) is 15.8. The Morgan fingerprint density at radius 1 is 1.43 bits per heavy atom. The summed E-state index contributed by atoms with van der Waals surface area (Å²) >= 11 is 0. The molecule has 0 amide bonds. The van der Waals surface area contributed by atoms with Crippen molar-refractivity contribution in [1.82, 2.24) is 0 Å². The van der Waals surface area contributed by atoms with Crippen molar-refractivity contribution in [3.63, 3.8) is 0 Å². The van der Waals surface area contributed by atoms with Crippen molar-refractivity contribution < 1.29 is 29.6 Å². The summed E-state index contributed by atoms with van der Waals surface area (Å²) in [7, 11) is 0. The van der Waals surface area contributed by atoms with E-state index in [1.165, 1.54) is 0 Å². The van der Waals surface area contributed by atoms with Crippen LogP contribution in [0, 0.1) is 0 Å². The van der Waals surface area contributed by atoms with E-state index in [1.807, 2.05) is 0 Å². The van der Waals surface area contributed by atoms with Crippen molar-refractivity contribution >= 4 is 5.97 Å². The van der Waals surface area contributed by atoms with Crippen LogP contribution in [0.15, 0.2) is 24.3 Å². The number of benzene rings is 1. The van der Waals surface area contributed by atoms with Crippen LogP contribution in [-0.4, -0.2) is 52.8 Å². The standard InChI is InChI=1S/C14H21NO6/c1-9(13(15)14(18)19)20-7-10-3-2-4-12(5-10)21-8-11(17)6-16/h2-5,9,11,13,16-17H,6-8,15H2,1H3,(H,18,19). The summed E-state index contributed by atoms with van der Waals surface area (Å²) in [5.41, 5.74) is 6.24. The summed E-state index contributed by atoms with van der Waals surface area (Å²) in [5.74, 6) is -0.587. The summed E-state index contributed by atoms with van der Waals surface area (Å²) in [6, 6.07) is 5.89. The monoisotopic (exact) mass is 299 g/mol. The quantitative estimate of drug-likeness (QED) is 0.495. The van der Waals surface area contributed by atoms with Crippen molar-refractivity contribution in [2.24, 2.45) is 5.73 Å². The summed E-state index contributed by atoms with van der Waals surface area (Å²) in [4.78, 5) is 10.7. The number of aliphatic carboxylic acids is 1. The first-order chi connectivity index (χ1) is 9.93. The SMILES string of the molecule is CC(OCc1cccc(OCC(O)CO)c1)C(N)C(=O)O. The molecule has 7 nitrogen and oxygen atoms in total. The maximum Gasteiger partial charge on any atom is 0.323 e. The van der Waals surface area contributed by atoms with Crippen molar-refractivity contribution in [3.8, 4) is 5.75 Å². The van der Waals surface area contributed by atoms with E-state index >= 15 is 0 Å². The number of carbonyl (C=O) groups is 1. The Hall–Kier alpha value is -1.67. The van der Waals surface area contributed by atoms with Gasteiger partial charge in [-0.2, -0.15) is 0 Å². The molecule has 0 radical (unpaired) electrons. The number of rotatable bonds is 9. The molecule has 0 spiro atoms.